The van der Waals surface area contributed by atoms with Gasteiger partial charge >= 0.3 is 0 Å². The van der Waals surface area contributed by atoms with Crippen molar-refractivity contribution in [2.75, 3.05) is 37.9 Å². The number of morpholine rings is 1. The molecular formula is C14H17ClN2O4S2. The standard InChI is InChI=1S/C14H17ClN2O4S2/c15-11-2-1-3-12(8-11)23(19,20)17-10-22-9-13(17)14(18)16-4-6-21-7-5-16/h1-3,8,13H,4-7,9-10H2. The number of hydrogen-bond acceptors (Lipinski definition) is 5. The van der Waals surface area contributed by atoms with Crippen LogP contribution in [0.2, 0.25) is 5.02 Å². The summed E-state index contributed by atoms with van der Waals surface area (Å²) in [6.45, 7) is 2.00. The van der Waals surface area contributed by atoms with E-state index in [-0.39, 0.29) is 16.7 Å². The monoisotopic (exact) mass is 376 g/mol. The number of rotatable bonds is 3. The molecule has 1 amide bonds. The molecule has 1 aromatic rings. The molecular weight excluding hydrogens is 360 g/mol. The number of sulfonamides is 1. The fourth-order valence-corrected chi connectivity index (χ4v) is 6.05. The van der Waals surface area contributed by atoms with Crippen molar-refractivity contribution < 1.29 is 17.9 Å². The van der Waals surface area contributed by atoms with Crippen LogP contribution in [0.5, 0.6) is 0 Å². The van der Waals surface area contributed by atoms with Gasteiger partial charge in [0.2, 0.25) is 15.9 Å². The lowest BCUT2D eigenvalue weighted by Crippen LogP contribution is -2.51. The van der Waals surface area contributed by atoms with E-state index in [1.165, 1.54) is 28.2 Å². The van der Waals surface area contributed by atoms with E-state index < -0.39 is 16.1 Å². The Bertz CT molecular complexity index is 692. The fourth-order valence-electron chi connectivity index (χ4n) is 2.62. The molecule has 0 aliphatic carbocycles. The number of carbonyl (C=O) groups is 1. The summed E-state index contributed by atoms with van der Waals surface area (Å²) in [6.07, 6.45) is 0. The van der Waals surface area contributed by atoms with Crippen molar-refractivity contribution >= 4 is 39.3 Å². The van der Waals surface area contributed by atoms with Crippen LogP contribution < -0.4 is 0 Å². The van der Waals surface area contributed by atoms with Gasteiger partial charge in [0.25, 0.3) is 0 Å². The number of benzene rings is 1. The third kappa shape index (κ3) is 3.51. The molecule has 6 nitrogen and oxygen atoms in total. The van der Waals surface area contributed by atoms with E-state index in [0.29, 0.717) is 37.1 Å². The van der Waals surface area contributed by atoms with Gasteiger partial charge in [-0.25, -0.2) is 8.42 Å². The maximum atomic E-state index is 12.8. The van der Waals surface area contributed by atoms with Crippen LogP contribution in [0.4, 0.5) is 0 Å². The molecule has 3 rings (SSSR count). The van der Waals surface area contributed by atoms with E-state index in [1.54, 1.807) is 17.0 Å². The number of hydrogen-bond donors (Lipinski definition) is 0. The van der Waals surface area contributed by atoms with Crippen molar-refractivity contribution in [1.29, 1.82) is 0 Å². The molecule has 2 aliphatic rings. The molecule has 9 heteroatoms. The summed E-state index contributed by atoms with van der Waals surface area (Å²) in [5.74, 6) is 0.592. The minimum Gasteiger partial charge on any atom is -0.378 e. The Labute approximate surface area is 144 Å². The highest BCUT2D eigenvalue weighted by Gasteiger charge is 2.41. The number of ether oxygens (including phenoxy) is 1. The molecule has 0 spiro atoms. The first-order chi connectivity index (χ1) is 11.0. The molecule has 2 saturated heterocycles. The number of halogens is 1. The molecule has 0 saturated carbocycles. The lowest BCUT2D eigenvalue weighted by molar-refractivity contribution is -0.138. The molecule has 2 fully saturated rings. The van der Waals surface area contributed by atoms with Crippen LogP contribution in [0.1, 0.15) is 0 Å². The topological polar surface area (TPSA) is 66.9 Å². The number of thioether (sulfide) groups is 1. The largest absolute Gasteiger partial charge is 0.378 e. The number of nitrogens with zero attached hydrogens (tertiary/aromatic N) is 2. The van der Waals surface area contributed by atoms with E-state index in [9.17, 15) is 13.2 Å². The third-order valence-corrected chi connectivity index (χ3v) is 7.11. The van der Waals surface area contributed by atoms with E-state index in [1.807, 2.05) is 0 Å². The first-order valence-corrected chi connectivity index (χ1v) is 10.2. The summed E-state index contributed by atoms with van der Waals surface area (Å²) in [7, 11) is -3.74. The zero-order chi connectivity index (χ0) is 16.4. The molecule has 23 heavy (non-hydrogen) atoms. The molecule has 0 bridgehead atoms. The second-order valence-electron chi connectivity index (χ2n) is 5.30. The highest BCUT2D eigenvalue weighted by molar-refractivity contribution is 8.00. The summed E-state index contributed by atoms with van der Waals surface area (Å²) >= 11 is 7.34. The van der Waals surface area contributed by atoms with E-state index in [2.05, 4.69) is 0 Å². The molecule has 2 heterocycles. The van der Waals surface area contributed by atoms with Gasteiger partial charge in [0, 0.05) is 23.9 Å². The minimum absolute atomic E-state index is 0.118. The zero-order valence-corrected chi connectivity index (χ0v) is 14.7. The summed E-state index contributed by atoms with van der Waals surface area (Å²) in [4.78, 5) is 14.5. The van der Waals surface area contributed by atoms with Crippen molar-refractivity contribution in [1.82, 2.24) is 9.21 Å². The van der Waals surface area contributed by atoms with Crippen molar-refractivity contribution in [2.24, 2.45) is 0 Å². The van der Waals surface area contributed by atoms with Crippen LogP contribution in [0.25, 0.3) is 0 Å². The molecule has 0 radical (unpaired) electrons. The van der Waals surface area contributed by atoms with Gasteiger partial charge in [0.15, 0.2) is 0 Å². The average molecular weight is 377 g/mol. The highest BCUT2D eigenvalue weighted by Crippen LogP contribution is 2.30. The third-order valence-electron chi connectivity index (χ3n) is 3.85. The van der Waals surface area contributed by atoms with Gasteiger partial charge in [-0.3, -0.25) is 4.79 Å². The SMILES string of the molecule is O=C(C1CSCN1S(=O)(=O)c1cccc(Cl)c1)N1CCOCC1. The predicted molar refractivity (Wildman–Crippen MR) is 89.0 cm³/mol. The number of amides is 1. The van der Waals surface area contributed by atoms with Crippen molar-refractivity contribution in [3.8, 4) is 0 Å². The molecule has 126 valence electrons. The van der Waals surface area contributed by atoms with Gasteiger partial charge in [0.1, 0.15) is 6.04 Å². The normalized spacial score (nSPS) is 23.2. The van der Waals surface area contributed by atoms with Crippen LogP contribution in [-0.4, -0.2) is 67.5 Å². The van der Waals surface area contributed by atoms with E-state index in [4.69, 9.17) is 16.3 Å². The Hall–Kier alpha value is -0.800. The Balaban J connectivity index is 1.84. The predicted octanol–water partition coefficient (Wildman–Crippen LogP) is 1.26. The fraction of sp³-hybridized carbons (Fsp3) is 0.500. The highest BCUT2D eigenvalue weighted by atomic mass is 35.5. The molecule has 0 N–H and O–H groups in total. The Morgan fingerprint density at radius 1 is 1.30 bits per heavy atom. The molecule has 1 unspecified atom stereocenters. The molecule has 0 aromatic heterocycles. The maximum Gasteiger partial charge on any atom is 0.244 e. The lowest BCUT2D eigenvalue weighted by Gasteiger charge is -2.31. The zero-order valence-electron chi connectivity index (χ0n) is 12.4. The molecule has 1 aromatic carbocycles. The smallest absolute Gasteiger partial charge is 0.244 e. The van der Waals surface area contributed by atoms with Gasteiger partial charge in [-0.2, -0.15) is 4.31 Å². The van der Waals surface area contributed by atoms with Gasteiger partial charge in [-0.05, 0) is 18.2 Å². The van der Waals surface area contributed by atoms with Crippen molar-refractivity contribution in [2.45, 2.75) is 10.9 Å². The number of carbonyl (C=O) groups excluding carboxylic acids is 1. The van der Waals surface area contributed by atoms with Gasteiger partial charge < -0.3 is 9.64 Å². The van der Waals surface area contributed by atoms with Crippen LogP contribution in [0.15, 0.2) is 29.2 Å². The molecule has 1 atom stereocenters. The van der Waals surface area contributed by atoms with Gasteiger partial charge in [-0.1, -0.05) is 17.7 Å². The quantitative estimate of drug-likeness (QED) is 0.794. The van der Waals surface area contributed by atoms with E-state index in [0.717, 1.165) is 0 Å². The van der Waals surface area contributed by atoms with Crippen LogP contribution in [0.3, 0.4) is 0 Å². The van der Waals surface area contributed by atoms with Crippen molar-refractivity contribution in [3.05, 3.63) is 29.3 Å². The Kier molecular flexibility index (Phi) is 5.17. The van der Waals surface area contributed by atoms with Crippen molar-refractivity contribution in [3.63, 3.8) is 0 Å². The van der Waals surface area contributed by atoms with Crippen LogP contribution >= 0.6 is 23.4 Å². The lowest BCUT2D eigenvalue weighted by atomic mass is 10.2. The first kappa shape index (κ1) is 17.0. The summed E-state index contributed by atoms with van der Waals surface area (Å²) in [5, 5.41) is 0.356. The summed E-state index contributed by atoms with van der Waals surface area (Å²) in [6, 6.07) is 5.46. The van der Waals surface area contributed by atoms with Crippen LogP contribution in [0, 0.1) is 0 Å². The van der Waals surface area contributed by atoms with Crippen LogP contribution in [-0.2, 0) is 19.6 Å². The van der Waals surface area contributed by atoms with E-state index >= 15 is 0 Å². The summed E-state index contributed by atoms with van der Waals surface area (Å²) in [5.41, 5.74) is 0. The van der Waals surface area contributed by atoms with Gasteiger partial charge in [0.05, 0.1) is 24.0 Å². The Morgan fingerprint density at radius 3 is 2.74 bits per heavy atom. The van der Waals surface area contributed by atoms with Gasteiger partial charge in [-0.15, -0.1) is 11.8 Å². The first-order valence-electron chi connectivity index (χ1n) is 7.22. The second-order valence-corrected chi connectivity index (χ2v) is 8.63. The minimum atomic E-state index is -3.74. The molecule has 2 aliphatic heterocycles. The maximum absolute atomic E-state index is 12.8. The second kappa shape index (κ2) is 6.98. The summed E-state index contributed by atoms with van der Waals surface area (Å²) < 4.78 is 32.2. The average Bonchev–Trinajstić information content (AvgIpc) is 3.05. The Morgan fingerprint density at radius 2 is 2.04 bits per heavy atom.